The Labute approximate surface area is 94.1 Å². The molecule has 0 amide bonds. The fraction of sp³-hybridized carbons (Fsp3) is 0.417. The zero-order valence-corrected chi connectivity index (χ0v) is 9.60. The minimum atomic E-state index is -0.515. The summed E-state index contributed by atoms with van der Waals surface area (Å²) in [6, 6.07) is 3.96. The number of fused-ring (bicyclic) bond motifs is 1. The first-order valence-electron chi connectivity index (χ1n) is 5.56. The summed E-state index contributed by atoms with van der Waals surface area (Å²) in [4.78, 5) is 6.44. The average molecular weight is 221 g/mol. The van der Waals surface area contributed by atoms with Gasteiger partial charge in [0.2, 0.25) is 0 Å². The van der Waals surface area contributed by atoms with E-state index in [9.17, 15) is 4.39 Å². The lowest BCUT2D eigenvalue weighted by Crippen LogP contribution is -2.07. The van der Waals surface area contributed by atoms with Crippen LogP contribution in [0.1, 0.15) is 24.5 Å². The molecule has 1 aromatic carbocycles. The maximum atomic E-state index is 13.0. The molecule has 3 nitrogen and oxygen atoms in total. The number of imidazole rings is 1. The van der Waals surface area contributed by atoms with E-state index >= 15 is 0 Å². The quantitative estimate of drug-likeness (QED) is 0.832. The van der Waals surface area contributed by atoms with E-state index in [0.717, 1.165) is 24.9 Å². The summed E-state index contributed by atoms with van der Waals surface area (Å²) in [7, 11) is 1.91. The highest BCUT2D eigenvalue weighted by molar-refractivity contribution is 5.76. The smallest absolute Gasteiger partial charge is 0.287 e. The van der Waals surface area contributed by atoms with Crippen molar-refractivity contribution in [1.29, 1.82) is 0 Å². The van der Waals surface area contributed by atoms with Gasteiger partial charge in [0, 0.05) is 6.54 Å². The van der Waals surface area contributed by atoms with Crippen LogP contribution in [0.25, 0.3) is 11.0 Å². The molecule has 0 radical (unpaired) electrons. The third-order valence-corrected chi connectivity index (χ3v) is 2.66. The van der Waals surface area contributed by atoms with Crippen LogP contribution in [0.4, 0.5) is 4.39 Å². The second kappa shape index (κ2) is 4.61. The van der Waals surface area contributed by atoms with Crippen LogP contribution < -0.4 is 5.32 Å². The zero-order valence-electron chi connectivity index (χ0n) is 9.60. The second-order valence-electron chi connectivity index (χ2n) is 3.95. The Hall–Kier alpha value is -1.42. The third-order valence-electron chi connectivity index (χ3n) is 2.66. The van der Waals surface area contributed by atoms with Gasteiger partial charge in [-0.25, -0.2) is 4.98 Å². The largest absolute Gasteiger partial charge is 0.316 e. The van der Waals surface area contributed by atoms with Crippen LogP contribution >= 0.6 is 0 Å². The first-order valence-corrected chi connectivity index (χ1v) is 5.56. The number of benzene rings is 1. The van der Waals surface area contributed by atoms with E-state index in [-0.39, 0.29) is 0 Å². The number of nitrogens with zero attached hydrogens (tertiary/aromatic N) is 1. The maximum absolute atomic E-state index is 13.0. The monoisotopic (exact) mass is 221 g/mol. The summed E-state index contributed by atoms with van der Waals surface area (Å²) < 4.78 is 13.0. The molecule has 0 saturated carbocycles. The number of hydrogen-bond acceptors (Lipinski definition) is 2. The normalized spacial score (nSPS) is 11.2. The van der Waals surface area contributed by atoms with Gasteiger partial charge >= 0.3 is 0 Å². The van der Waals surface area contributed by atoms with Crippen molar-refractivity contribution in [3.63, 3.8) is 0 Å². The van der Waals surface area contributed by atoms with Gasteiger partial charge in [-0.1, -0.05) is 13.3 Å². The number of hydrogen-bond donors (Lipinski definition) is 2. The summed E-state index contributed by atoms with van der Waals surface area (Å²) >= 11 is 0. The predicted molar refractivity (Wildman–Crippen MR) is 62.8 cm³/mol. The number of aryl methyl sites for hydroxylation is 1. The summed E-state index contributed by atoms with van der Waals surface area (Å²) in [5, 5.41) is 3.13. The average Bonchev–Trinajstić information content (AvgIpc) is 2.58. The molecule has 0 atom stereocenters. The molecule has 0 bridgehead atoms. The van der Waals surface area contributed by atoms with E-state index in [1.54, 1.807) is 0 Å². The number of rotatable bonds is 4. The molecule has 0 fully saturated rings. The SMILES string of the molecule is CCCc1cc2nc(F)[nH]c2cc1CNC. The Balaban J connectivity index is 2.51. The van der Waals surface area contributed by atoms with Crippen molar-refractivity contribution in [3.8, 4) is 0 Å². The number of aromatic amines is 1. The van der Waals surface area contributed by atoms with Gasteiger partial charge < -0.3 is 10.3 Å². The summed E-state index contributed by atoms with van der Waals surface area (Å²) in [5.41, 5.74) is 3.93. The first kappa shape index (κ1) is 11.1. The van der Waals surface area contributed by atoms with Crippen LogP contribution in [0.5, 0.6) is 0 Å². The highest BCUT2D eigenvalue weighted by Gasteiger charge is 2.07. The molecule has 0 aliphatic rings. The van der Waals surface area contributed by atoms with Crippen molar-refractivity contribution in [1.82, 2.24) is 15.3 Å². The Morgan fingerprint density at radius 1 is 1.38 bits per heavy atom. The molecule has 16 heavy (non-hydrogen) atoms. The Bertz CT molecular complexity index is 447. The van der Waals surface area contributed by atoms with Gasteiger partial charge in [0.1, 0.15) is 0 Å². The zero-order chi connectivity index (χ0) is 11.5. The third kappa shape index (κ3) is 2.07. The molecular weight excluding hydrogens is 205 g/mol. The van der Waals surface area contributed by atoms with Crippen LogP contribution in [-0.4, -0.2) is 17.0 Å². The van der Waals surface area contributed by atoms with Gasteiger partial charge in [0.25, 0.3) is 6.08 Å². The molecule has 1 heterocycles. The fourth-order valence-corrected chi connectivity index (χ4v) is 1.97. The minimum Gasteiger partial charge on any atom is -0.316 e. The molecule has 4 heteroatoms. The fourth-order valence-electron chi connectivity index (χ4n) is 1.97. The lowest BCUT2D eigenvalue weighted by Gasteiger charge is -2.08. The van der Waals surface area contributed by atoms with Crippen LogP contribution in [0.2, 0.25) is 0 Å². The van der Waals surface area contributed by atoms with Crippen molar-refractivity contribution >= 4 is 11.0 Å². The van der Waals surface area contributed by atoms with Crippen molar-refractivity contribution in [2.75, 3.05) is 7.05 Å². The van der Waals surface area contributed by atoms with Crippen molar-refractivity contribution < 1.29 is 4.39 Å². The molecule has 2 aromatic rings. The minimum absolute atomic E-state index is 0.515. The van der Waals surface area contributed by atoms with E-state index in [0.29, 0.717) is 5.52 Å². The Morgan fingerprint density at radius 2 is 2.19 bits per heavy atom. The van der Waals surface area contributed by atoms with E-state index in [1.165, 1.54) is 11.1 Å². The summed E-state index contributed by atoms with van der Waals surface area (Å²) in [6.45, 7) is 2.93. The van der Waals surface area contributed by atoms with E-state index in [4.69, 9.17) is 0 Å². The van der Waals surface area contributed by atoms with Crippen molar-refractivity contribution in [2.24, 2.45) is 0 Å². The van der Waals surface area contributed by atoms with Gasteiger partial charge in [-0.15, -0.1) is 0 Å². The van der Waals surface area contributed by atoms with E-state index in [2.05, 4.69) is 22.2 Å². The topological polar surface area (TPSA) is 40.7 Å². The molecule has 2 N–H and O–H groups in total. The molecular formula is C12H16FN3. The summed E-state index contributed by atoms with van der Waals surface area (Å²) in [5.74, 6) is 0. The highest BCUT2D eigenvalue weighted by atomic mass is 19.1. The Kier molecular flexibility index (Phi) is 3.19. The standard InChI is InChI=1S/C12H16FN3/c1-3-4-8-5-10-11(16-12(13)15-10)6-9(8)7-14-2/h5-6,14H,3-4,7H2,1-2H3,(H,15,16). The highest BCUT2D eigenvalue weighted by Crippen LogP contribution is 2.19. The molecule has 0 aliphatic carbocycles. The van der Waals surface area contributed by atoms with Crippen molar-refractivity contribution in [3.05, 3.63) is 29.3 Å². The van der Waals surface area contributed by atoms with E-state index in [1.807, 2.05) is 19.2 Å². The molecule has 1 aromatic heterocycles. The van der Waals surface area contributed by atoms with Gasteiger partial charge in [-0.3, -0.25) is 0 Å². The number of H-pyrrole nitrogens is 1. The predicted octanol–water partition coefficient (Wildman–Crippen LogP) is 2.37. The molecule has 0 spiro atoms. The van der Waals surface area contributed by atoms with Crippen LogP contribution in [0.3, 0.4) is 0 Å². The first-order chi connectivity index (χ1) is 7.74. The molecule has 0 saturated heterocycles. The van der Waals surface area contributed by atoms with E-state index < -0.39 is 6.08 Å². The van der Waals surface area contributed by atoms with Crippen LogP contribution in [0.15, 0.2) is 12.1 Å². The van der Waals surface area contributed by atoms with Crippen LogP contribution in [-0.2, 0) is 13.0 Å². The maximum Gasteiger partial charge on any atom is 0.287 e. The lowest BCUT2D eigenvalue weighted by atomic mass is 10.0. The molecule has 0 unspecified atom stereocenters. The number of halogens is 1. The van der Waals surface area contributed by atoms with Gasteiger partial charge in [0.05, 0.1) is 11.0 Å². The second-order valence-corrected chi connectivity index (χ2v) is 3.95. The summed E-state index contributed by atoms with van der Waals surface area (Å²) in [6.07, 6.45) is 1.57. The Morgan fingerprint density at radius 3 is 2.88 bits per heavy atom. The molecule has 2 rings (SSSR count). The van der Waals surface area contributed by atoms with Gasteiger partial charge in [-0.05, 0) is 36.7 Å². The van der Waals surface area contributed by atoms with Gasteiger partial charge in [0.15, 0.2) is 0 Å². The van der Waals surface area contributed by atoms with Gasteiger partial charge in [-0.2, -0.15) is 4.39 Å². The number of aromatic nitrogens is 2. The number of nitrogens with one attached hydrogen (secondary N) is 2. The lowest BCUT2D eigenvalue weighted by molar-refractivity contribution is 0.556. The molecule has 86 valence electrons. The van der Waals surface area contributed by atoms with Crippen molar-refractivity contribution in [2.45, 2.75) is 26.3 Å². The van der Waals surface area contributed by atoms with Crippen LogP contribution in [0, 0.1) is 6.08 Å². The molecule has 0 aliphatic heterocycles.